The topological polar surface area (TPSA) is 89.3 Å². The van der Waals surface area contributed by atoms with Crippen LogP contribution < -0.4 is 4.72 Å². The quantitative estimate of drug-likeness (QED) is 0.571. The Hall–Kier alpha value is -1.63. The van der Waals surface area contributed by atoms with Gasteiger partial charge in [0.15, 0.2) is 0 Å². The molecule has 0 fully saturated rings. The molecule has 0 spiro atoms. The molecule has 1 aliphatic heterocycles. The molecule has 1 heterocycles. The highest BCUT2D eigenvalue weighted by Crippen LogP contribution is 2.26. The summed E-state index contributed by atoms with van der Waals surface area (Å²) in [6, 6.07) is 4.11. The van der Waals surface area contributed by atoms with Crippen LogP contribution in [0.5, 0.6) is 0 Å². The number of rotatable bonds is 1. The fourth-order valence-electron chi connectivity index (χ4n) is 1.46. The predicted octanol–water partition coefficient (Wildman–Crippen LogP) is 0.893. The third-order valence-corrected chi connectivity index (χ3v) is 3.48. The molecule has 1 aromatic rings. The predicted molar refractivity (Wildman–Crippen MR) is 54.2 cm³/mol. The van der Waals surface area contributed by atoms with Gasteiger partial charge in [-0.15, -0.1) is 0 Å². The second-order valence-electron chi connectivity index (χ2n) is 3.27. The number of hydrogen-bond acceptors (Lipinski definition) is 4. The summed E-state index contributed by atoms with van der Waals surface area (Å²) < 4.78 is 24.7. The van der Waals surface area contributed by atoms with Crippen molar-refractivity contribution in [3.8, 4) is 0 Å². The van der Waals surface area contributed by atoms with Crippen LogP contribution in [0, 0.1) is 10.1 Å². The summed E-state index contributed by atoms with van der Waals surface area (Å²) in [6.45, 7) is 0. The van der Waals surface area contributed by atoms with Crippen LogP contribution in [0.3, 0.4) is 0 Å². The van der Waals surface area contributed by atoms with E-state index in [0.29, 0.717) is 17.7 Å². The van der Waals surface area contributed by atoms with Crippen LogP contribution >= 0.6 is 0 Å². The first-order valence-corrected chi connectivity index (χ1v) is 5.91. The van der Waals surface area contributed by atoms with Crippen LogP contribution in [0.4, 0.5) is 11.4 Å². The molecule has 7 heteroatoms. The Morgan fingerprint density at radius 1 is 1.40 bits per heavy atom. The molecular formula is C8H8N2O4S. The number of sulfonamides is 1. The van der Waals surface area contributed by atoms with Gasteiger partial charge in [-0.25, -0.2) is 8.42 Å². The van der Waals surface area contributed by atoms with Gasteiger partial charge in [0, 0.05) is 12.1 Å². The number of non-ortho nitro benzene ring substituents is 1. The van der Waals surface area contributed by atoms with Gasteiger partial charge in [-0.2, -0.15) is 0 Å². The molecule has 0 unspecified atom stereocenters. The summed E-state index contributed by atoms with van der Waals surface area (Å²) in [5.41, 5.74) is 1.08. The van der Waals surface area contributed by atoms with E-state index in [-0.39, 0.29) is 11.4 Å². The third kappa shape index (κ3) is 1.91. The normalized spacial score (nSPS) is 17.6. The molecule has 1 aliphatic rings. The maximum atomic E-state index is 11.2. The maximum absolute atomic E-state index is 11.2. The van der Waals surface area contributed by atoms with Gasteiger partial charge in [0.25, 0.3) is 5.69 Å². The monoisotopic (exact) mass is 228 g/mol. The van der Waals surface area contributed by atoms with Gasteiger partial charge in [-0.3, -0.25) is 14.8 Å². The molecule has 0 amide bonds. The highest BCUT2D eigenvalue weighted by Gasteiger charge is 2.21. The van der Waals surface area contributed by atoms with E-state index < -0.39 is 14.9 Å². The maximum Gasteiger partial charge on any atom is 0.269 e. The summed E-state index contributed by atoms with van der Waals surface area (Å²) in [7, 11) is -3.25. The first-order chi connectivity index (χ1) is 6.98. The number of benzene rings is 1. The Bertz CT molecular complexity index is 523. The van der Waals surface area contributed by atoms with Gasteiger partial charge >= 0.3 is 0 Å². The SMILES string of the molecule is O=[N+]([O-])c1ccc2c(c1)CCS(=O)(=O)N2. The van der Waals surface area contributed by atoms with Crippen LogP contribution in [0.15, 0.2) is 18.2 Å². The molecule has 0 radical (unpaired) electrons. The van der Waals surface area contributed by atoms with Crippen LogP contribution in [0.25, 0.3) is 0 Å². The lowest BCUT2D eigenvalue weighted by Gasteiger charge is -2.17. The molecule has 2 rings (SSSR count). The van der Waals surface area contributed by atoms with Crippen molar-refractivity contribution in [3.63, 3.8) is 0 Å². The van der Waals surface area contributed by atoms with Gasteiger partial charge in [0.05, 0.1) is 16.4 Å². The van der Waals surface area contributed by atoms with Crippen molar-refractivity contribution in [2.45, 2.75) is 6.42 Å². The Morgan fingerprint density at radius 3 is 2.80 bits per heavy atom. The summed E-state index contributed by atoms with van der Waals surface area (Å²) >= 11 is 0. The van der Waals surface area contributed by atoms with Gasteiger partial charge < -0.3 is 0 Å². The van der Waals surface area contributed by atoms with E-state index in [1.807, 2.05) is 0 Å². The number of nitro benzene ring substituents is 1. The van der Waals surface area contributed by atoms with Crippen molar-refractivity contribution in [1.82, 2.24) is 0 Å². The van der Waals surface area contributed by atoms with E-state index in [9.17, 15) is 18.5 Å². The molecule has 0 atom stereocenters. The fourth-order valence-corrected chi connectivity index (χ4v) is 2.59. The van der Waals surface area contributed by atoms with Crippen molar-refractivity contribution in [1.29, 1.82) is 0 Å². The van der Waals surface area contributed by atoms with Crippen molar-refractivity contribution >= 4 is 21.4 Å². The molecule has 1 aromatic carbocycles. The molecular weight excluding hydrogens is 220 g/mol. The minimum atomic E-state index is -3.25. The largest absolute Gasteiger partial charge is 0.283 e. The van der Waals surface area contributed by atoms with Crippen LogP contribution in [0.2, 0.25) is 0 Å². The van der Waals surface area contributed by atoms with E-state index in [1.54, 1.807) is 0 Å². The van der Waals surface area contributed by atoms with E-state index >= 15 is 0 Å². The van der Waals surface area contributed by atoms with Crippen molar-refractivity contribution < 1.29 is 13.3 Å². The first-order valence-electron chi connectivity index (χ1n) is 4.26. The highest BCUT2D eigenvalue weighted by atomic mass is 32.2. The minimum Gasteiger partial charge on any atom is -0.283 e. The van der Waals surface area contributed by atoms with Gasteiger partial charge in [0.2, 0.25) is 10.0 Å². The second kappa shape index (κ2) is 3.20. The molecule has 0 saturated heterocycles. The standard InChI is InChI=1S/C8H8N2O4S/c11-10(12)7-1-2-8-6(5-7)3-4-15(13,14)9-8/h1-2,5,9H,3-4H2. The van der Waals surface area contributed by atoms with Gasteiger partial charge in [-0.1, -0.05) is 0 Å². The number of anilines is 1. The molecule has 0 aliphatic carbocycles. The molecule has 1 N–H and O–H groups in total. The van der Waals surface area contributed by atoms with Crippen molar-refractivity contribution in [2.75, 3.05) is 10.5 Å². The molecule has 15 heavy (non-hydrogen) atoms. The van der Waals surface area contributed by atoms with Crippen molar-refractivity contribution in [3.05, 3.63) is 33.9 Å². The van der Waals surface area contributed by atoms with E-state index in [0.717, 1.165) is 0 Å². The minimum absolute atomic E-state index is 0.0187. The summed E-state index contributed by atoms with van der Waals surface area (Å²) in [5.74, 6) is -0.0266. The second-order valence-corrected chi connectivity index (χ2v) is 5.11. The lowest BCUT2D eigenvalue weighted by Crippen LogP contribution is -2.23. The Kier molecular flexibility index (Phi) is 2.11. The number of nitro groups is 1. The lowest BCUT2D eigenvalue weighted by atomic mass is 10.1. The number of fused-ring (bicyclic) bond motifs is 1. The third-order valence-electron chi connectivity index (χ3n) is 2.21. The molecule has 0 aromatic heterocycles. The molecule has 0 saturated carbocycles. The smallest absolute Gasteiger partial charge is 0.269 e. The Labute approximate surface area is 86.1 Å². The van der Waals surface area contributed by atoms with Crippen LogP contribution in [0.1, 0.15) is 5.56 Å². The summed E-state index contributed by atoms with van der Waals surface area (Å²) in [5, 5.41) is 10.5. The number of aryl methyl sites for hydroxylation is 1. The zero-order valence-electron chi connectivity index (χ0n) is 7.63. The number of nitrogens with one attached hydrogen (secondary N) is 1. The van der Waals surface area contributed by atoms with Crippen molar-refractivity contribution in [2.24, 2.45) is 0 Å². The van der Waals surface area contributed by atoms with Gasteiger partial charge in [0.1, 0.15) is 0 Å². The first kappa shape index (κ1) is 9.91. The Balaban J connectivity index is 2.45. The molecule has 0 bridgehead atoms. The average molecular weight is 228 g/mol. The fraction of sp³-hybridized carbons (Fsp3) is 0.250. The Morgan fingerprint density at radius 2 is 2.13 bits per heavy atom. The lowest BCUT2D eigenvalue weighted by molar-refractivity contribution is -0.384. The van der Waals surface area contributed by atoms with Gasteiger partial charge in [-0.05, 0) is 18.1 Å². The van der Waals surface area contributed by atoms with E-state index in [4.69, 9.17) is 0 Å². The average Bonchev–Trinajstić information content (AvgIpc) is 2.15. The number of hydrogen-bond donors (Lipinski definition) is 1. The van der Waals surface area contributed by atoms with E-state index in [1.165, 1.54) is 18.2 Å². The van der Waals surface area contributed by atoms with Crippen LogP contribution in [-0.2, 0) is 16.4 Å². The number of nitrogens with zero attached hydrogens (tertiary/aromatic N) is 1. The zero-order valence-corrected chi connectivity index (χ0v) is 8.45. The summed E-state index contributed by atoms with van der Waals surface area (Å²) in [6.07, 6.45) is 0.312. The molecule has 6 nitrogen and oxygen atoms in total. The van der Waals surface area contributed by atoms with Crippen LogP contribution in [-0.4, -0.2) is 19.1 Å². The summed E-state index contributed by atoms with van der Waals surface area (Å²) in [4.78, 5) is 9.98. The zero-order chi connectivity index (χ0) is 11.1. The van der Waals surface area contributed by atoms with E-state index in [2.05, 4.69) is 4.72 Å². The molecule has 80 valence electrons. The highest BCUT2D eigenvalue weighted by molar-refractivity contribution is 7.92.